The van der Waals surface area contributed by atoms with E-state index in [1.54, 1.807) is 12.2 Å². The first kappa shape index (κ1) is 8.91. The molecule has 0 aromatic carbocycles. The summed E-state index contributed by atoms with van der Waals surface area (Å²) >= 11 is 0. The number of aliphatic hydroxyl groups is 1. The van der Waals surface area contributed by atoms with Crippen LogP contribution in [0.15, 0.2) is 35.8 Å². The van der Waals surface area contributed by atoms with Gasteiger partial charge >= 0.3 is 0 Å². The van der Waals surface area contributed by atoms with Gasteiger partial charge in [0.25, 0.3) is 5.95 Å². The lowest BCUT2D eigenvalue weighted by Gasteiger charge is -2.20. The summed E-state index contributed by atoms with van der Waals surface area (Å²) in [6.45, 7) is 5.68. The number of rotatable bonds is 1. The number of hydrogen-bond donors (Lipinski definition) is 1. The molecule has 12 heavy (non-hydrogen) atoms. The molecule has 0 heterocycles. The van der Waals surface area contributed by atoms with E-state index in [2.05, 4.69) is 0 Å². The zero-order valence-electron chi connectivity index (χ0n) is 7.66. The fourth-order valence-electron chi connectivity index (χ4n) is 0.866. The SMILES string of the molecule is CC(C)(C)OC(O)=C1C=CC=C1. The van der Waals surface area contributed by atoms with E-state index in [4.69, 9.17) is 4.74 Å². The van der Waals surface area contributed by atoms with Crippen molar-refractivity contribution in [2.45, 2.75) is 26.4 Å². The van der Waals surface area contributed by atoms with Crippen LogP contribution in [0.3, 0.4) is 0 Å². The van der Waals surface area contributed by atoms with Gasteiger partial charge in [0.15, 0.2) is 0 Å². The molecule has 1 aliphatic carbocycles. The van der Waals surface area contributed by atoms with Gasteiger partial charge in [-0.25, -0.2) is 0 Å². The molecule has 0 amide bonds. The van der Waals surface area contributed by atoms with E-state index < -0.39 is 0 Å². The monoisotopic (exact) mass is 166 g/mol. The summed E-state index contributed by atoms with van der Waals surface area (Å²) in [6, 6.07) is 0. The Hall–Kier alpha value is -1.18. The van der Waals surface area contributed by atoms with Crippen molar-refractivity contribution in [1.29, 1.82) is 0 Å². The number of allylic oxidation sites excluding steroid dienone is 5. The van der Waals surface area contributed by atoms with Crippen molar-refractivity contribution in [2.75, 3.05) is 0 Å². The largest absolute Gasteiger partial charge is 0.481 e. The summed E-state index contributed by atoms with van der Waals surface area (Å²) in [6.07, 6.45) is 7.33. The topological polar surface area (TPSA) is 29.5 Å². The average Bonchev–Trinajstić information content (AvgIpc) is 2.32. The van der Waals surface area contributed by atoms with Crippen molar-refractivity contribution < 1.29 is 9.84 Å². The van der Waals surface area contributed by atoms with Crippen molar-refractivity contribution in [3.05, 3.63) is 35.8 Å². The van der Waals surface area contributed by atoms with Crippen LogP contribution >= 0.6 is 0 Å². The minimum absolute atomic E-state index is 0.00694. The highest BCUT2D eigenvalue weighted by atomic mass is 16.6. The van der Waals surface area contributed by atoms with Crippen LogP contribution in [0.4, 0.5) is 0 Å². The molecule has 1 rings (SSSR count). The maximum absolute atomic E-state index is 9.44. The Labute approximate surface area is 72.9 Å². The second-order valence-corrected chi connectivity index (χ2v) is 3.69. The molecular formula is C10H14O2. The summed E-state index contributed by atoms with van der Waals surface area (Å²) in [4.78, 5) is 0. The van der Waals surface area contributed by atoms with E-state index in [9.17, 15) is 5.11 Å². The molecule has 2 heteroatoms. The smallest absolute Gasteiger partial charge is 0.284 e. The normalized spacial score (nSPS) is 15.4. The van der Waals surface area contributed by atoms with Crippen LogP contribution in [-0.4, -0.2) is 10.7 Å². The van der Waals surface area contributed by atoms with Crippen LogP contribution in [0.1, 0.15) is 20.8 Å². The van der Waals surface area contributed by atoms with Crippen molar-refractivity contribution in [3.63, 3.8) is 0 Å². The Morgan fingerprint density at radius 1 is 1.25 bits per heavy atom. The molecule has 1 N–H and O–H groups in total. The Morgan fingerprint density at radius 2 is 1.75 bits per heavy atom. The molecule has 0 aromatic rings. The molecule has 0 bridgehead atoms. The van der Waals surface area contributed by atoms with Crippen molar-refractivity contribution in [2.24, 2.45) is 0 Å². The molecule has 0 aromatic heterocycles. The quantitative estimate of drug-likeness (QED) is 0.607. The number of hydrogen-bond acceptors (Lipinski definition) is 2. The fourth-order valence-corrected chi connectivity index (χ4v) is 0.866. The third-order valence-electron chi connectivity index (χ3n) is 1.31. The van der Waals surface area contributed by atoms with E-state index in [-0.39, 0.29) is 11.5 Å². The molecule has 1 aliphatic rings. The Kier molecular flexibility index (Phi) is 2.27. The van der Waals surface area contributed by atoms with Gasteiger partial charge in [-0.15, -0.1) is 0 Å². The number of ether oxygens (including phenoxy) is 1. The Balaban J connectivity index is 2.71. The molecule has 2 nitrogen and oxygen atoms in total. The molecule has 0 saturated carbocycles. The van der Waals surface area contributed by atoms with Crippen LogP contribution in [0, 0.1) is 0 Å². The van der Waals surface area contributed by atoms with Gasteiger partial charge < -0.3 is 9.84 Å². The highest BCUT2D eigenvalue weighted by molar-refractivity contribution is 5.40. The second-order valence-electron chi connectivity index (χ2n) is 3.69. The van der Waals surface area contributed by atoms with E-state index >= 15 is 0 Å². The molecule has 0 spiro atoms. The first-order valence-corrected chi connectivity index (χ1v) is 3.96. The summed E-state index contributed by atoms with van der Waals surface area (Å²) in [5, 5.41) is 9.44. The third kappa shape index (κ3) is 2.46. The Bertz CT molecular complexity index is 238. The first-order valence-electron chi connectivity index (χ1n) is 3.96. The van der Waals surface area contributed by atoms with Crippen molar-refractivity contribution in [3.8, 4) is 0 Å². The van der Waals surface area contributed by atoms with E-state index in [0.717, 1.165) is 5.57 Å². The van der Waals surface area contributed by atoms with Gasteiger partial charge in [0.05, 0.1) is 5.57 Å². The number of aliphatic hydroxyl groups excluding tert-OH is 1. The lowest BCUT2D eigenvalue weighted by atomic mass is 10.2. The summed E-state index contributed by atoms with van der Waals surface area (Å²) in [5.74, 6) is -0.00694. The van der Waals surface area contributed by atoms with E-state index in [0.29, 0.717) is 0 Å². The predicted molar refractivity (Wildman–Crippen MR) is 48.8 cm³/mol. The van der Waals surface area contributed by atoms with Gasteiger partial charge in [0.2, 0.25) is 0 Å². The lowest BCUT2D eigenvalue weighted by Crippen LogP contribution is -2.19. The van der Waals surface area contributed by atoms with E-state index in [1.807, 2.05) is 32.9 Å². The summed E-state index contributed by atoms with van der Waals surface area (Å²) in [5.41, 5.74) is 0.381. The molecule has 0 radical (unpaired) electrons. The van der Waals surface area contributed by atoms with Crippen molar-refractivity contribution in [1.82, 2.24) is 0 Å². The molecule has 0 atom stereocenters. The third-order valence-corrected chi connectivity index (χ3v) is 1.31. The van der Waals surface area contributed by atoms with Crippen LogP contribution in [0.2, 0.25) is 0 Å². The molecule has 66 valence electrons. The highest BCUT2D eigenvalue weighted by Gasteiger charge is 2.14. The minimum Gasteiger partial charge on any atom is -0.481 e. The maximum atomic E-state index is 9.44. The van der Waals surface area contributed by atoms with Gasteiger partial charge in [0.1, 0.15) is 5.60 Å². The maximum Gasteiger partial charge on any atom is 0.284 e. The molecule has 0 unspecified atom stereocenters. The lowest BCUT2D eigenvalue weighted by molar-refractivity contribution is -0.0158. The molecule has 0 saturated heterocycles. The molecule has 0 fully saturated rings. The summed E-state index contributed by atoms with van der Waals surface area (Å²) in [7, 11) is 0. The van der Waals surface area contributed by atoms with Crippen LogP contribution in [0.25, 0.3) is 0 Å². The zero-order chi connectivity index (χ0) is 9.19. The fraction of sp³-hybridized carbons (Fsp3) is 0.400. The zero-order valence-corrected chi connectivity index (χ0v) is 7.66. The standard InChI is InChI=1S/C10H14O2/c1-10(2,3)12-9(11)8-6-4-5-7-8/h4-7,11H,1-3H3. The van der Waals surface area contributed by atoms with E-state index in [1.165, 1.54) is 0 Å². The van der Waals surface area contributed by atoms with Crippen molar-refractivity contribution >= 4 is 0 Å². The van der Waals surface area contributed by atoms with Gasteiger partial charge in [-0.1, -0.05) is 12.2 Å². The van der Waals surface area contributed by atoms with Gasteiger partial charge in [-0.05, 0) is 32.9 Å². The second kappa shape index (κ2) is 3.05. The van der Waals surface area contributed by atoms with Gasteiger partial charge in [-0.3, -0.25) is 0 Å². The first-order chi connectivity index (χ1) is 5.49. The highest BCUT2D eigenvalue weighted by Crippen LogP contribution is 2.18. The van der Waals surface area contributed by atoms with Crippen LogP contribution in [-0.2, 0) is 4.74 Å². The predicted octanol–water partition coefficient (Wildman–Crippen LogP) is 2.70. The average molecular weight is 166 g/mol. The van der Waals surface area contributed by atoms with Gasteiger partial charge in [0, 0.05) is 0 Å². The summed E-state index contributed by atoms with van der Waals surface area (Å²) < 4.78 is 5.25. The molecular weight excluding hydrogens is 152 g/mol. The Morgan fingerprint density at radius 3 is 2.17 bits per heavy atom. The minimum atomic E-state index is -0.346. The van der Waals surface area contributed by atoms with Gasteiger partial charge in [-0.2, -0.15) is 0 Å². The van der Waals surface area contributed by atoms with Crippen LogP contribution < -0.4 is 0 Å². The molecule has 0 aliphatic heterocycles. The van der Waals surface area contributed by atoms with Crippen LogP contribution in [0.5, 0.6) is 0 Å².